The predicted octanol–water partition coefficient (Wildman–Crippen LogP) is 4.09. The fraction of sp³-hybridized carbons (Fsp3) is 0.158. The molecule has 0 saturated heterocycles. The summed E-state index contributed by atoms with van der Waals surface area (Å²) >= 11 is 5.98. The number of hydrogen-bond acceptors (Lipinski definition) is 2. The van der Waals surface area contributed by atoms with Gasteiger partial charge in [0.1, 0.15) is 0 Å². The van der Waals surface area contributed by atoms with Crippen molar-refractivity contribution in [2.75, 3.05) is 5.32 Å². The first kappa shape index (κ1) is 15.0. The van der Waals surface area contributed by atoms with Crippen LogP contribution < -0.4 is 5.32 Å². The lowest BCUT2D eigenvalue weighted by atomic mass is 9.89. The van der Waals surface area contributed by atoms with E-state index in [2.05, 4.69) is 22.5 Å². The van der Waals surface area contributed by atoms with Crippen LogP contribution >= 0.6 is 11.6 Å². The van der Waals surface area contributed by atoms with Crippen LogP contribution in [0.15, 0.2) is 48.5 Å². The minimum Gasteiger partial charge on any atom is -0.321 e. The first-order valence-electron chi connectivity index (χ1n) is 7.84. The van der Waals surface area contributed by atoms with Crippen molar-refractivity contribution in [3.8, 4) is 11.3 Å². The van der Waals surface area contributed by atoms with Crippen LogP contribution in [0.3, 0.4) is 0 Å². The lowest BCUT2D eigenvalue weighted by Crippen LogP contribution is -2.15. The smallest absolute Gasteiger partial charge is 0.276 e. The van der Waals surface area contributed by atoms with Crippen molar-refractivity contribution in [3.63, 3.8) is 0 Å². The highest BCUT2D eigenvalue weighted by molar-refractivity contribution is 6.31. The van der Waals surface area contributed by atoms with E-state index >= 15 is 0 Å². The summed E-state index contributed by atoms with van der Waals surface area (Å²) in [6.07, 6.45) is 1.74. The van der Waals surface area contributed by atoms with Gasteiger partial charge in [-0.2, -0.15) is 5.10 Å². The molecule has 3 aromatic rings. The molecule has 0 bridgehead atoms. The Balaban J connectivity index is 1.72. The molecule has 0 spiro atoms. The van der Waals surface area contributed by atoms with E-state index in [0.29, 0.717) is 16.4 Å². The summed E-state index contributed by atoms with van der Waals surface area (Å²) in [6.45, 7) is 0. The lowest BCUT2D eigenvalue weighted by molar-refractivity contribution is 0.102. The molecule has 24 heavy (non-hydrogen) atoms. The van der Waals surface area contributed by atoms with Gasteiger partial charge in [0.2, 0.25) is 0 Å². The van der Waals surface area contributed by atoms with Gasteiger partial charge in [-0.25, -0.2) is 0 Å². The second-order valence-electron chi connectivity index (χ2n) is 5.92. The average Bonchev–Trinajstić information content (AvgIpc) is 2.92. The Morgan fingerprint density at radius 2 is 2.00 bits per heavy atom. The van der Waals surface area contributed by atoms with Crippen molar-refractivity contribution in [3.05, 3.63) is 70.4 Å². The van der Waals surface area contributed by atoms with E-state index in [4.69, 9.17) is 11.6 Å². The number of carbonyl (C=O) groups is 1. The van der Waals surface area contributed by atoms with Crippen LogP contribution in [-0.4, -0.2) is 15.7 Å². The van der Waals surface area contributed by atoms with Gasteiger partial charge < -0.3 is 5.32 Å². The van der Waals surface area contributed by atoms with E-state index < -0.39 is 0 Å². The summed E-state index contributed by atoms with van der Waals surface area (Å²) in [6, 6.07) is 15.4. The number of benzene rings is 2. The number of rotatable bonds is 2. The molecule has 0 radical (unpaired) electrons. The third-order valence-electron chi connectivity index (χ3n) is 4.36. The lowest BCUT2D eigenvalue weighted by Gasteiger charge is -2.17. The number of nitrogens with zero attached hydrogens (tertiary/aromatic N) is 2. The molecule has 4 rings (SSSR count). The monoisotopic (exact) mass is 337 g/mol. The second kappa shape index (κ2) is 5.80. The Hall–Kier alpha value is -2.59. The second-order valence-corrected chi connectivity index (χ2v) is 6.36. The molecule has 0 saturated carbocycles. The van der Waals surface area contributed by atoms with E-state index in [1.807, 2.05) is 31.3 Å². The molecule has 4 nitrogen and oxygen atoms in total. The first-order valence-corrected chi connectivity index (χ1v) is 8.22. The van der Waals surface area contributed by atoms with Crippen LogP contribution in [0.1, 0.15) is 21.6 Å². The van der Waals surface area contributed by atoms with E-state index in [0.717, 1.165) is 29.7 Å². The van der Waals surface area contributed by atoms with Crippen LogP contribution in [-0.2, 0) is 19.9 Å². The highest BCUT2D eigenvalue weighted by Crippen LogP contribution is 2.35. The third kappa shape index (κ3) is 2.49. The van der Waals surface area contributed by atoms with Gasteiger partial charge in [0.05, 0.1) is 5.69 Å². The van der Waals surface area contributed by atoms with Crippen molar-refractivity contribution in [2.45, 2.75) is 12.8 Å². The Labute approximate surface area is 145 Å². The number of halogens is 1. The largest absolute Gasteiger partial charge is 0.321 e. The van der Waals surface area contributed by atoms with Gasteiger partial charge in [0.15, 0.2) is 5.69 Å². The van der Waals surface area contributed by atoms with Crippen molar-refractivity contribution < 1.29 is 4.79 Å². The van der Waals surface area contributed by atoms with Gasteiger partial charge in [-0.1, -0.05) is 41.9 Å². The topological polar surface area (TPSA) is 46.9 Å². The maximum Gasteiger partial charge on any atom is 0.276 e. The molecule has 0 unspecified atom stereocenters. The van der Waals surface area contributed by atoms with Crippen molar-refractivity contribution >= 4 is 23.2 Å². The van der Waals surface area contributed by atoms with Crippen molar-refractivity contribution in [1.82, 2.24) is 9.78 Å². The minimum atomic E-state index is -0.200. The molecule has 0 fully saturated rings. The van der Waals surface area contributed by atoms with E-state index in [1.165, 1.54) is 5.56 Å². The number of carbonyl (C=O) groups excluding carboxylic acids is 1. The molecule has 1 N–H and O–H groups in total. The molecular weight excluding hydrogens is 322 g/mol. The standard InChI is InChI=1S/C19H16ClN3O/c1-23-18-15-8-3-2-5-12(15)9-10-16(18)17(22-23)19(24)21-14-7-4-6-13(20)11-14/h2-8,11H,9-10H2,1H3,(H,21,24). The normalized spacial score (nSPS) is 12.4. The van der Waals surface area contributed by atoms with Crippen molar-refractivity contribution in [2.24, 2.45) is 7.05 Å². The van der Waals surface area contributed by atoms with Crippen LogP contribution in [0, 0.1) is 0 Å². The van der Waals surface area contributed by atoms with Crippen LogP contribution in [0.25, 0.3) is 11.3 Å². The first-order chi connectivity index (χ1) is 11.6. The highest BCUT2D eigenvalue weighted by atomic mass is 35.5. The molecule has 0 atom stereocenters. The molecule has 1 amide bonds. The van der Waals surface area contributed by atoms with Gasteiger partial charge in [-0.05, 0) is 36.6 Å². The summed E-state index contributed by atoms with van der Waals surface area (Å²) in [4.78, 5) is 12.7. The zero-order chi connectivity index (χ0) is 16.7. The number of amides is 1. The molecule has 2 aromatic carbocycles. The molecule has 120 valence electrons. The number of aryl methyl sites for hydroxylation is 2. The molecule has 1 heterocycles. The van der Waals surface area contributed by atoms with Crippen LogP contribution in [0.5, 0.6) is 0 Å². The summed E-state index contributed by atoms with van der Waals surface area (Å²) in [5.41, 5.74) is 5.67. The fourth-order valence-electron chi connectivity index (χ4n) is 3.31. The summed E-state index contributed by atoms with van der Waals surface area (Å²) < 4.78 is 1.81. The van der Waals surface area contributed by atoms with Gasteiger partial charge >= 0.3 is 0 Å². The number of aromatic nitrogens is 2. The zero-order valence-corrected chi connectivity index (χ0v) is 14.0. The Kier molecular flexibility index (Phi) is 3.62. The van der Waals surface area contributed by atoms with Gasteiger partial charge in [-0.3, -0.25) is 9.48 Å². The molecule has 1 aliphatic rings. The maximum atomic E-state index is 12.7. The molecule has 1 aromatic heterocycles. The number of fused-ring (bicyclic) bond motifs is 3. The Morgan fingerprint density at radius 1 is 1.17 bits per heavy atom. The molecule has 1 aliphatic carbocycles. The summed E-state index contributed by atoms with van der Waals surface area (Å²) in [7, 11) is 1.89. The van der Waals surface area contributed by atoms with Gasteiger partial charge in [-0.15, -0.1) is 0 Å². The van der Waals surface area contributed by atoms with E-state index in [1.54, 1.807) is 16.8 Å². The van der Waals surface area contributed by atoms with E-state index in [-0.39, 0.29) is 5.91 Å². The predicted molar refractivity (Wildman–Crippen MR) is 95.5 cm³/mol. The fourth-order valence-corrected chi connectivity index (χ4v) is 3.50. The molecule has 0 aliphatic heterocycles. The van der Waals surface area contributed by atoms with Crippen LogP contribution in [0.4, 0.5) is 5.69 Å². The number of nitrogens with one attached hydrogen (secondary N) is 1. The Bertz CT molecular complexity index is 946. The minimum absolute atomic E-state index is 0.200. The average molecular weight is 338 g/mol. The van der Waals surface area contributed by atoms with E-state index in [9.17, 15) is 4.79 Å². The molecular formula is C19H16ClN3O. The third-order valence-corrected chi connectivity index (χ3v) is 4.59. The summed E-state index contributed by atoms with van der Waals surface area (Å²) in [5, 5.41) is 7.96. The SMILES string of the molecule is Cn1nc(C(=O)Nc2cccc(Cl)c2)c2c1-c1ccccc1CC2. The Morgan fingerprint density at radius 3 is 2.83 bits per heavy atom. The van der Waals surface area contributed by atoms with Crippen molar-refractivity contribution in [1.29, 1.82) is 0 Å². The number of anilines is 1. The summed E-state index contributed by atoms with van der Waals surface area (Å²) in [5.74, 6) is -0.200. The zero-order valence-electron chi connectivity index (χ0n) is 13.2. The molecule has 5 heteroatoms. The van der Waals surface area contributed by atoms with Crippen LogP contribution in [0.2, 0.25) is 5.02 Å². The van der Waals surface area contributed by atoms with Gasteiger partial charge in [0.25, 0.3) is 5.91 Å². The quantitative estimate of drug-likeness (QED) is 0.765. The number of hydrogen-bond donors (Lipinski definition) is 1. The highest BCUT2D eigenvalue weighted by Gasteiger charge is 2.26. The van der Waals surface area contributed by atoms with Gasteiger partial charge in [0, 0.05) is 28.9 Å². The maximum absolute atomic E-state index is 12.7.